The number of nitrogens with zero attached hydrogens (tertiary/aromatic N) is 2. The number of carbonyl (C=O) groups excluding carboxylic acids is 1. The van der Waals surface area contributed by atoms with E-state index < -0.39 is 5.97 Å². The molecule has 0 atom stereocenters. The van der Waals surface area contributed by atoms with Crippen molar-refractivity contribution in [3.05, 3.63) is 46.5 Å². The van der Waals surface area contributed by atoms with Gasteiger partial charge in [-0.3, -0.25) is 9.97 Å². The van der Waals surface area contributed by atoms with Gasteiger partial charge in [0.25, 0.3) is 0 Å². The third-order valence-electron chi connectivity index (χ3n) is 3.13. The van der Waals surface area contributed by atoms with Gasteiger partial charge in [0.15, 0.2) is 11.5 Å². The molecule has 0 unspecified atom stereocenters. The number of rotatable bonds is 3. The van der Waals surface area contributed by atoms with Gasteiger partial charge in [0.2, 0.25) is 0 Å². The first kappa shape index (κ1) is 14.8. The lowest BCUT2D eigenvalue weighted by atomic mass is 10.2. The SMILES string of the molecule is Cc1nc(C)c(COC(=O)c2ccc(O)c(O)c2)nc1C. The Balaban J connectivity index is 2.11. The number of benzene rings is 1. The highest BCUT2D eigenvalue weighted by atomic mass is 16.5. The lowest BCUT2D eigenvalue weighted by Crippen LogP contribution is -2.09. The summed E-state index contributed by atoms with van der Waals surface area (Å²) in [5.74, 6) is -1.27. The summed E-state index contributed by atoms with van der Waals surface area (Å²) in [6.07, 6.45) is 0. The quantitative estimate of drug-likeness (QED) is 0.664. The van der Waals surface area contributed by atoms with E-state index in [-0.39, 0.29) is 23.7 Å². The highest BCUT2D eigenvalue weighted by Gasteiger charge is 2.12. The fraction of sp³-hybridized carbons (Fsp3) is 0.267. The minimum absolute atomic E-state index is 0.000422. The van der Waals surface area contributed by atoms with Crippen LogP contribution in [0.5, 0.6) is 11.5 Å². The zero-order valence-corrected chi connectivity index (χ0v) is 12.0. The van der Waals surface area contributed by atoms with Gasteiger partial charge in [-0.05, 0) is 39.0 Å². The van der Waals surface area contributed by atoms with E-state index in [2.05, 4.69) is 9.97 Å². The maximum atomic E-state index is 11.9. The molecule has 2 aromatic rings. The molecule has 1 aromatic carbocycles. The molecule has 1 heterocycles. The molecule has 1 aromatic heterocycles. The minimum atomic E-state index is -0.607. The number of ether oxygens (including phenoxy) is 1. The molecule has 0 amide bonds. The standard InChI is InChI=1S/C15H16N2O4/c1-8-9(2)17-12(10(3)16-8)7-21-15(20)11-4-5-13(18)14(19)6-11/h4-6,18-19H,7H2,1-3H3. The van der Waals surface area contributed by atoms with Gasteiger partial charge in [0.05, 0.1) is 28.3 Å². The average Bonchev–Trinajstić information content (AvgIpc) is 2.44. The average molecular weight is 288 g/mol. The zero-order valence-electron chi connectivity index (χ0n) is 12.0. The maximum absolute atomic E-state index is 11.9. The van der Waals surface area contributed by atoms with Gasteiger partial charge in [0.1, 0.15) is 6.61 Å². The molecule has 0 aliphatic carbocycles. The van der Waals surface area contributed by atoms with Crippen LogP contribution in [0.2, 0.25) is 0 Å². The number of aromatic nitrogens is 2. The molecule has 0 radical (unpaired) electrons. The molecule has 2 rings (SSSR count). The van der Waals surface area contributed by atoms with Crippen LogP contribution in [0.4, 0.5) is 0 Å². The van der Waals surface area contributed by atoms with Crippen molar-refractivity contribution in [2.45, 2.75) is 27.4 Å². The molecule has 2 N–H and O–H groups in total. The van der Waals surface area contributed by atoms with Crippen LogP contribution in [0.15, 0.2) is 18.2 Å². The maximum Gasteiger partial charge on any atom is 0.338 e. The van der Waals surface area contributed by atoms with Gasteiger partial charge in [-0.2, -0.15) is 0 Å². The first-order chi connectivity index (χ1) is 9.88. The van der Waals surface area contributed by atoms with Crippen LogP contribution in [0.1, 0.15) is 33.1 Å². The number of aryl methyl sites for hydroxylation is 3. The van der Waals surface area contributed by atoms with Crippen molar-refractivity contribution in [1.29, 1.82) is 0 Å². The number of hydrogen-bond acceptors (Lipinski definition) is 6. The van der Waals surface area contributed by atoms with E-state index in [4.69, 9.17) is 4.74 Å². The van der Waals surface area contributed by atoms with Crippen molar-refractivity contribution < 1.29 is 19.7 Å². The number of phenols is 2. The van der Waals surface area contributed by atoms with E-state index in [1.165, 1.54) is 12.1 Å². The predicted octanol–water partition coefficient (Wildman–Crippen LogP) is 2.17. The molecule has 0 spiro atoms. The molecule has 0 aliphatic rings. The summed E-state index contributed by atoms with van der Waals surface area (Å²) in [6, 6.07) is 3.75. The zero-order chi connectivity index (χ0) is 15.6. The Morgan fingerprint density at radius 1 is 1.05 bits per heavy atom. The van der Waals surface area contributed by atoms with Crippen LogP contribution in [-0.4, -0.2) is 26.2 Å². The number of carbonyl (C=O) groups is 1. The van der Waals surface area contributed by atoms with Crippen molar-refractivity contribution in [1.82, 2.24) is 9.97 Å². The number of aromatic hydroxyl groups is 2. The van der Waals surface area contributed by atoms with Gasteiger partial charge in [-0.15, -0.1) is 0 Å². The molecule has 6 nitrogen and oxygen atoms in total. The van der Waals surface area contributed by atoms with Crippen molar-refractivity contribution in [2.24, 2.45) is 0 Å². The van der Waals surface area contributed by atoms with E-state index >= 15 is 0 Å². The molecular formula is C15H16N2O4. The Kier molecular flexibility index (Phi) is 4.07. The molecule has 21 heavy (non-hydrogen) atoms. The molecule has 0 saturated heterocycles. The van der Waals surface area contributed by atoms with Crippen LogP contribution in [0.3, 0.4) is 0 Å². The molecular weight excluding hydrogens is 272 g/mol. The third-order valence-corrected chi connectivity index (χ3v) is 3.13. The van der Waals surface area contributed by atoms with Crippen molar-refractivity contribution >= 4 is 5.97 Å². The third kappa shape index (κ3) is 3.28. The van der Waals surface area contributed by atoms with Gasteiger partial charge in [-0.25, -0.2) is 4.79 Å². The lowest BCUT2D eigenvalue weighted by molar-refractivity contribution is 0.0466. The van der Waals surface area contributed by atoms with Gasteiger partial charge >= 0.3 is 5.97 Å². The fourth-order valence-corrected chi connectivity index (χ4v) is 1.77. The molecule has 110 valence electrons. The van der Waals surface area contributed by atoms with E-state index in [1.807, 2.05) is 13.8 Å². The minimum Gasteiger partial charge on any atom is -0.504 e. The van der Waals surface area contributed by atoms with E-state index in [9.17, 15) is 15.0 Å². The molecule has 0 saturated carbocycles. The second kappa shape index (κ2) is 5.78. The highest BCUT2D eigenvalue weighted by Crippen LogP contribution is 2.25. The summed E-state index contributed by atoms with van der Waals surface area (Å²) in [5.41, 5.74) is 3.08. The van der Waals surface area contributed by atoms with Crippen LogP contribution in [0, 0.1) is 20.8 Å². The molecule has 0 bridgehead atoms. The summed E-state index contributed by atoms with van der Waals surface area (Å²) in [4.78, 5) is 20.5. The second-order valence-electron chi connectivity index (χ2n) is 4.71. The van der Waals surface area contributed by atoms with E-state index in [1.54, 1.807) is 6.92 Å². The Labute approximate surface area is 122 Å². The lowest BCUT2D eigenvalue weighted by Gasteiger charge is -2.09. The van der Waals surface area contributed by atoms with Crippen molar-refractivity contribution in [3.63, 3.8) is 0 Å². The monoisotopic (exact) mass is 288 g/mol. The van der Waals surface area contributed by atoms with Crippen molar-refractivity contribution in [3.8, 4) is 11.5 Å². The summed E-state index contributed by atoms with van der Waals surface area (Å²) in [6.45, 7) is 5.50. The first-order valence-electron chi connectivity index (χ1n) is 6.38. The Morgan fingerprint density at radius 3 is 2.38 bits per heavy atom. The van der Waals surface area contributed by atoms with E-state index in [0.717, 1.165) is 17.5 Å². The first-order valence-corrected chi connectivity index (χ1v) is 6.38. The number of hydrogen-bond donors (Lipinski definition) is 2. The molecule has 0 fully saturated rings. The van der Waals surface area contributed by atoms with Gasteiger partial charge in [-0.1, -0.05) is 0 Å². The second-order valence-corrected chi connectivity index (χ2v) is 4.71. The Hall–Kier alpha value is -2.63. The number of esters is 1. The smallest absolute Gasteiger partial charge is 0.338 e. The summed E-state index contributed by atoms with van der Waals surface area (Å²) in [7, 11) is 0. The fourth-order valence-electron chi connectivity index (χ4n) is 1.77. The van der Waals surface area contributed by atoms with Gasteiger partial charge in [0, 0.05) is 0 Å². The normalized spacial score (nSPS) is 10.4. The van der Waals surface area contributed by atoms with Crippen LogP contribution < -0.4 is 0 Å². The van der Waals surface area contributed by atoms with Gasteiger partial charge < -0.3 is 14.9 Å². The summed E-state index contributed by atoms with van der Waals surface area (Å²) >= 11 is 0. The topological polar surface area (TPSA) is 92.5 Å². The van der Waals surface area contributed by atoms with Crippen molar-refractivity contribution in [2.75, 3.05) is 0 Å². The molecule has 0 aliphatic heterocycles. The van der Waals surface area contributed by atoms with E-state index in [0.29, 0.717) is 11.4 Å². The van der Waals surface area contributed by atoms with Crippen LogP contribution >= 0.6 is 0 Å². The largest absolute Gasteiger partial charge is 0.504 e. The molecule has 6 heteroatoms. The predicted molar refractivity (Wildman–Crippen MR) is 75.1 cm³/mol. The van der Waals surface area contributed by atoms with Crippen LogP contribution in [-0.2, 0) is 11.3 Å². The summed E-state index contributed by atoms with van der Waals surface area (Å²) in [5, 5.41) is 18.6. The number of phenolic OH excluding ortho intramolecular Hbond substituents is 2. The summed E-state index contributed by atoms with van der Waals surface area (Å²) < 4.78 is 5.15. The highest BCUT2D eigenvalue weighted by molar-refractivity contribution is 5.90. The Bertz CT molecular complexity index is 698. The van der Waals surface area contributed by atoms with Crippen LogP contribution in [0.25, 0.3) is 0 Å². The Morgan fingerprint density at radius 2 is 1.71 bits per heavy atom.